The second kappa shape index (κ2) is 6.40. The zero-order valence-corrected chi connectivity index (χ0v) is 12.3. The Morgan fingerprint density at radius 1 is 0.905 bits per heavy atom. The molecule has 0 aliphatic rings. The van der Waals surface area contributed by atoms with Crippen molar-refractivity contribution < 1.29 is 0 Å². The van der Waals surface area contributed by atoms with E-state index in [1.807, 2.05) is 12.1 Å². The summed E-state index contributed by atoms with van der Waals surface area (Å²) in [5, 5.41) is 4.67. The summed E-state index contributed by atoms with van der Waals surface area (Å²) in [5.74, 6) is 0.953. The average Bonchev–Trinajstić information content (AvgIpc) is 2.54. The van der Waals surface area contributed by atoms with Crippen molar-refractivity contribution in [1.82, 2.24) is 4.98 Å². The summed E-state index contributed by atoms with van der Waals surface area (Å²) in [6, 6.07) is 23.4. The second-order valence-corrected chi connectivity index (χ2v) is 5.46. The van der Waals surface area contributed by atoms with Crippen molar-refractivity contribution >= 4 is 16.7 Å². The van der Waals surface area contributed by atoms with E-state index < -0.39 is 0 Å². The molecule has 0 bridgehead atoms. The Labute approximate surface area is 125 Å². The highest BCUT2D eigenvalue weighted by atomic mass is 15.0. The number of aryl methyl sites for hydroxylation is 1. The third kappa shape index (κ3) is 3.60. The van der Waals surface area contributed by atoms with Gasteiger partial charge in [0.25, 0.3) is 0 Å². The van der Waals surface area contributed by atoms with E-state index in [1.165, 1.54) is 10.9 Å². The maximum Gasteiger partial charge on any atom is 0.126 e. The molecule has 1 atom stereocenters. The van der Waals surface area contributed by atoms with Gasteiger partial charge in [-0.2, -0.15) is 0 Å². The predicted octanol–water partition coefficient (Wildman–Crippen LogP) is 4.67. The fourth-order valence-electron chi connectivity index (χ4n) is 2.50. The minimum absolute atomic E-state index is 0.402. The number of anilines is 1. The Morgan fingerprint density at radius 3 is 2.52 bits per heavy atom. The summed E-state index contributed by atoms with van der Waals surface area (Å²) >= 11 is 0. The molecule has 0 aliphatic carbocycles. The van der Waals surface area contributed by atoms with Crippen LogP contribution in [0.1, 0.15) is 18.9 Å². The first-order valence-electron chi connectivity index (χ1n) is 7.47. The van der Waals surface area contributed by atoms with Crippen LogP contribution in [0.2, 0.25) is 0 Å². The molecular weight excluding hydrogens is 256 g/mol. The molecule has 0 saturated carbocycles. The number of rotatable bonds is 5. The van der Waals surface area contributed by atoms with Gasteiger partial charge in [-0.15, -0.1) is 0 Å². The van der Waals surface area contributed by atoms with Crippen LogP contribution in [0.15, 0.2) is 66.7 Å². The van der Waals surface area contributed by atoms with Crippen LogP contribution in [-0.2, 0) is 6.42 Å². The van der Waals surface area contributed by atoms with Crippen LogP contribution in [0.3, 0.4) is 0 Å². The van der Waals surface area contributed by atoms with Gasteiger partial charge >= 0.3 is 0 Å². The van der Waals surface area contributed by atoms with E-state index in [4.69, 9.17) is 0 Å². The maximum atomic E-state index is 4.66. The second-order valence-electron chi connectivity index (χ2n) is 5.46. The van der Waals surface area contributed by atoms with Gasteiger partial charge in [0.15, 0.2) is 0 Å². The first-order chi connectivity index (χ1) is 10.3. The molecular formula is C19H20N2. The molecule has 0 aliphatic heterocycles. The normalized spacial score (nSPS) is 12.2. The summed E-state index contributed by atoms with van der Waals surface area (Å²) < 4.78 is 0. The van der Waals surface area contributed by atoms with Crippen LogP contribution in [0, 0.1) is 0 Å². The van der Waals surface area contributed by atoms with Crippen LogP contribution in [0.4, 0.5) is 5.82 Å². The van der Waals surface area contributed by atoms with Crippen molar-refractivity contribution in [2.75, 3.05) is 5.32 Å². The Morgan fingerprint density at radius 2 is 1.67 bits per heavy atom. The van der Waals surface area contributed by atoms with Gasteiger partial charge in [-0.05, 0) is 43.5 Å². The summed E-state index contributed by atoms with van der Waals surface area (Å²) in [5.41, 5.74) is 2.43. The molecule has 0 saturated heterocycles. The number of nitrogens with zero attached hydrogens (tertiary/aromatic N) is 1. The molecule has 2 heteroatoms. The minimum atomic E-state index is 0.402. The Bertz CT molecular complexity index is 707. The molecule has 106 valence electrons. The topological polar surface area (TPSA) is 24.9 Å². The van der Waals surface area contributed by atoms with Gasteiger partial charge in [-0.1, -0.05) is 48.5 Å². The lowest BCUT2D eigenvalue weighted by molar-refractivity contribution is 0.703. The standard InChI is InChI=1S/C19H20N2/c1-15(11-12-16-7-3-2-4-8-16)20-19-14-13-17-9-5-6-10-18(17)21-19/h2-10,13-15H,11-12H2,1H3,(H,20,21). The van der Waals surface area contributed by atoms with Gasteiger partial charge in [0, 0.05) is 11.4 Å². The SMILES string of the molecule is CC(CCc1ccccc1)Nc1ccc2ccccc2n1. The molecule has 0 fully saturated rings. The molecule has 1 unspecified atom stereocenters. The van der Waals surface area contributed by atoms with Gasteiger partial charge in [-0.25, -0.2) is 4.98 Å². The summed E-state index contributed by atoms with van der Waals surface area (Å²) in [7, 11) is 0. The lowest BCUT2D eigenvalue weighted by Gasteiger charge is -2.15. The third-order valence-corrected chi connectivity index (χ3v) is 3.70. The van der Waals surface area contributed by atoms with Crippen molar-refractivity contribution in [3.05, 3.63) is 72.3 Å². The highest BCUT2D eigenvalue weighted by Gasteiger charge is 2.04. The van der Waals surface area contributed by atoms with E-state index >= 15 is 0 Å². The molecule has 2 nitrogen and oxygen atoms in total. The van der Waals surface area contributed by atoms with E-state index in [0.29, 0.717) is 6.04 Å². The van der Waals surface area contributed by atoms with Gasteiger partial charge < -0.3 is 5.32 Å². The minimum Gasteiger partial charge on any atom is -0.368 e. The van der Waals surface area contributed by atoms with Crippen molar-refractivity contribution in [2.24, 2.45) is 0 Å². The lowest BCUT2D eigenvalue weighted by atomic mass is 10.1. The molecule has 3 rings (SSSR count). The van der Waals surface area contributed by atoms with Crippen LogP contribution in [0.25, 0.3) is 10.9 Å². The van der Waals surface area contributed by atoms with Crippen molar-refractivity contribution in [1.29, 1.82) is 0 Å². The monoisotopic (exact) mass is 276 g/mol. The number of benzene rings is 2. The average molecular weight is 276 g/mol. The highest BCUT2D eigenvalue weighted by molar-refractivity contribution is 5.80. The molecule has 2 aromatic carbocycles. The van der Waals surface area contributed by atoms with Gasteiger partial charge in [0.1, 0.15) is 5.82 Å². The quantitative estimate of drug-likeness (QED) is 0.732. The largest absolute Gasteiger partial charge is 0.368 e. The fraction of sp³-hybridized carbons (Fsp3) is 0.211. The molecule has 0 spiro atoms. The highest BCUT2D eigenvalue weighted by Crippen LogP contribution is 2.16. The Balaban J connectivity index is 1.62. The number of hydrogen-bond acceptors (Lipinski definition) is 2. The van der Waals surface area contributed by atoms with E-state index in [1.54, 1.807) is 0 Å². The van der Waals surface area contributed by atoms with Gasteiger partial charge in [0.05, 0.1) is 5.52 Å². The summed E-state index contributed by atoms with van der Waals surface area (Å²) in [6.07, 6.45) is 2.18. The van der Waals surface area contributed by atoms with Gasteiger partial charge in [-0.3, -0.25) is 0 Å². The molecule has 1 aromatic heterocycles. The number of aromatic nitrogens is 1. The van der Waals surface area contributed by atoms with E-state index in [2.05, 4.69) is 71.8 Å². The first kappa shape index (κ1) is 13.6. The Hall–Kier alpha value is -2.35. The molecule has 1 heterocycles. The van der Waals surface area contributed by atoms with Crippen molar-refractivity contribution in [3.63, 3.8) is 0 Å². The molecule has 3 aromatic rings. The van der Waals surface area contributed by atoms with E-state index in [0.717, 1.165) is 24.2 Å². The molecule has 0 amide bonds. The number of para-hydroxylation sites is 1. The van der Waals surface area contributed by atoms with Crippen LogP contribution in [0.5, 0.6) is 0 Å². The molecule has 0 radical (unpaired) electrons. The number of pyridine rings is 1. The molecule has 21 heavy (non-hydrogen) atoms. The predicted molar refractivity (Wildman–Crippen MR) is 89.6 cm³/mol. The van der Waals surface area contributed by atoms with Gasteiger partial charge in [0.2, 0.25) is 0 Å². The van der Waals surface area contributed by atoms with E-state index in [9.17, 15) is 0 Å². The van der Waals surface area contributed by atoms with Crippen molar-refractivity contribution in [2.45, 2.75) is 25.8 Å². The fourth-order valence-corrected chi connectivity index (χ4v) is 2.50. The third-order valence-electron chi connectivity index (χ3n) is 3.70. The number of hydrogen-bond donors (Lipinski definition) is 1. The number of fused-ring (bicyclic) bond motifs is 1. The lowest BCUT2D eigenvalue weighted by Crippen LogP contribution is -2.16. The first-order valence-corrected chi connectivity index (χ1v) is 7.47. The zero-order chi connectivity index (χ0) is 14.5. The van der Waals surface area contributed by atoms with Crippen molar-refractivity contribution in [3.8, 4) is 0 Å². The zero-order valence-electron chi connectivity index (χ0n) is 12.3. The van der Waals surface area contributed by atoms with Crippen LogP contribution in [-0.4, -0.2) is 11.0 Å². The number of nitrogens with one attached hydrogen (secondary N) is 1. The smallest absolute Gasteiger partial charge is 0.126 e. The van der Waals surface area contributed by atoms with Crippen LogP contribution < -0.4 is 5.32 Å². The summed E-state index contributed by atoms with van der Waals surface area (Å²) in [6.45, 7) is 2.21. The summed E-state index contributed by atoms with van der Waals surface area (Å²) in [4.78, 5) is 4.66. The Kier molecular flexibility index (Phi) is 4.15. The molecule has 1 N–H and O–H groups in total. The van der Waals surface area contributed by atoms with E-state index in [-0.39, 0.29) is 0 Å². The van der Waals surface area contributed by atoms with Crippen LogP contribution >= 0.6 is 0 Å². The maximum absolute atomic E-state index is 4.66.